The molecule has 3 rings (SSSR count). The Balaban J connectivity index is 1.72. The first kappa shape index (κ1) is 21.7. The Hall–Kier alpha value is -2.02. The van der Waals surface area contributed by atoms with E-state index in [0.29, 0.717) is 18.6 Å². The number of carbonyl (C=O) groups excluding carboxylic acids is 1. The van der Waals surface area contributed by atoms with E-state index in [4.69, 9.17) is 0 Å². The molecule has 9 heteroatoms. The van der Waals surface area contributed by atoms with Crippen LogP contribution >= 0.6 is 23.1 Å². The first-order chi connectivity index (χ1) is 13.8. The second kappa shape index (κ2) is 9.20. The zero-order chi connectivity index (χ0) is 20.9. The van der Waals surface area contributed by atoms with Gasteiger partial charge in [-0.2, -0.15) is 30.2 Å². The van der Waals surface area contributed by atoms with Gasteiger partial charge >= 0.3 is 6.18 Å². The van der Waals surface area contributed by atoms with Gasteiger partial charge in [-0.15, -0.1) is 11.3 Å². The Bertz CT molecular complexity index is 846. The number of halogens is 3. The molecule has 1 amide bonds. The van der Waals surface area contributed by atoms with Crippen LogP contribution in [-0.4, -0.2) is 29.4 Å². The van der Waals surface area contributed by atoms with E-state index in [2.05, 4.69) is 10.6 Å². The van der Waals surface area contributed by atoms with Crippen LogP contribution in [0, 0.1) is 11.3 Å². The number of benzene rings is 1. The number of rotatable bonds is 9. The molecule has 0 radical (unpaired) electrons. The van der Waals surface area contributed by atoms with Crippen LogP contribution in [0.5, 0.6) is 0 Å². The molecule has 1 aromatic heterocycles. The highest BCUT2D eigenvalue weighted by Crippen LogP contribution is 2.37. The van der Waals surface area contributed by atoms with Gasteiger partial charge in [0, 0.05) is 16.4 Å². The number of thioether (sulfide) groups is 1. The van der Waals surface area contributed by atoms with Gasteiger partial charge in [-0.3, -0.25) is 10.1 Å². The van der Waals surface area contributed by atoms with Gasteiger partial charge in [0.25, 0.3) is 0 Å². The molecule has 1 aromatic carbocycles. The fourth-order valence-electron chi connectivity index (χ4n) is 2.78. The van der Waals surface area contributed by atoms with Crippen LogP contribution < -0.4 is 10.6 Å². The first-order valence-corrected chi connectivity index (χ1v) is 11.1. The molecule has 2 aromatic rings. The van der Waals surface area contributed by atoms with Crippen LogP contribution in [0.2, 0.25) is 0 Å². The third-order valence-corrected chi connectivity index (χ3v) is 6.61. The van der Waals surface area contributed by atoms with Crippen LogP contribution in [0.4, 0.5) is 13.2 Å². The van der Waals surface area contributed by atoms with Crippen molar-refractivity contribution in [2.75, 3.05) is 5.75 Å². The summed E-state index contributed by atoms with van der Waals surface area (Å²) >= 11 is 2.37. The van der Waals surface area contributed by atoms with Crippen molar-refractivity contribution in [3.8, 4) is 6.07 Å². The van der Waals surface area contributed by atoms with Crippen LogP contribution in [0.3, 0.4) is 0 Å². The summed E-state index contributed by atoms with van der Waals surface area (Å²) < 4.78 is 41.0. The minimum Gasteiger partial charge on any atom is -0.336 e. The molecular formula is C20H20F3N3OS2. The molecule has 0 aliphatic heterocycles. The molecule has 1 saturated carbocycles. The number of nitrogens with one attached hydrogen (secondary N) is 2. The SMILES string of the molecule is N#CC1(NC(=O)[C@H](CSCc2ccccc2)N[C@H](c2cccs2)C(F)(F)F)CC1. The van der Waals surface area contributed by atoms with E-state index in [-0.39, 0.29) is 10.6 Å². The largest absolute Gasteiger partial charge is 0.408 e. The van der Waals surface area contributed by atoms with Crippen molar-refractivity contribution >= 4 is 29.0 Å². The van der Waals surface area contributed by atoms with E-state index >= 15 is 0 Å². The average molecular weight is 440 g/mol. The monoisotopic (exact) mass is 439 g/mol. The van der Waals surface area contributed by atoms with Crippen LogP contribution in [0.25, 0.3) is 0 Å². The number of alkyl halides is 3. The lowest BCUT2D eigenvalue weighted by Gasteiger charge is -2.27. The summed E-state index contributed by atoms with van der Waals surface area (Å²) in [6.45, 7) is 0. The van der Waals surface area contributed by atoms with Crippen molar-refractivity contribution in [1.82, 2.24) is 10.6 Å². The second-order valence-electron chi connectivity index (χ2n) is 6.89. The number of nitriles is 1. The summed E-state index contributed by atoms with van der Waals surface area (Å²) in [7, 11) is 0. The lowest BCUT2D eigenvalue weighted by molar-refractivity contribution is -0.159. The fourth-order valence-corrected chi connectivity index (χ4v) is 4.61. The third-order valence-electron chi connectivity index (χ3n) is 4.56. The molecule has 0 saturated heterocycles. The number of hydrogen-bond donors (Lipinski definition) is 2. The van der Waals surface area contributed by atoms with E-state index in [1.54, 1.807) is 11.4 Å². The fraction of sp³-hybridized carbons (Fsp3) is 0.400. The van der Waals surface area contributed by atoms with E-state index in [0.717, 1.165) is 16.9 Å². The molecule has 154 valence electrons. The predicted octanol–water partition coefficient (Wildman–Crippen LogP) is 4.42. The van der Waals surface area contributed by atoms with E-state index in [1.807, 2.05) is 36.4 Å². The van der Waals surface area contributed by atoms with E-state index in [9.17, 15) is 23.2 Å². The Morgan fingerprint density at radius 2 is 1.97 bits per heavy atom. The molecule has 0 spiro atoms. The Morgan fingerprint density at radius 1 is 1.24 bits per heavy atom. The van der Waals surface area contributed by atoms with Crippen molar-refractivity contribution in [3.63, 3.8) is 0 Å². The summed E-state index contributed by atoms with van der Waals surface area (Å²) in [5, 5.41) is 15.9. The number of carbonyl (C=O) groups is 1. The normalized spacial score (nSPS) is 17.2. The molecule has 0 bridgehead atoms. The van der Waals surface area contributed by atoms with Crippen molar-refractivity contribution in [2.45, 2.75) is 42.4 Å². The van der Waals surface area contributed by atoms with Gasteiger partial charge in [0.15, 0.2) is 0 Å². The topological polar surface area (TPSA) is 64.9 Å². The molecule has 1 heterocycles. The van der Waals surface area contributed by atoms with Gasteiger partial charge in [0.05, 0.1) is 12.1 Å². The Kier molecular flexibility index (Phi) is 6.88. The standard InChI is InChI=1S/C20H20F3N3OS2/c21-20(22,23)17(16-7-4-10-29-16)25-15(18(27)26-19(13-24)8-9-19)12-28-11-14-5-2-1-3-6-14/h1-7,10,15,17,25H,8-9,11-12H2,(H,26,27)/t15-,17+/m0/s1. The predicted molar refractivity (Wildman–Crippen MR) is 108 cm³/mol. The highest BCUT2D eigenvalue weighted by molar-refractivity contribution is 7.98. The number of nitrogens with zero attached hydrogens (tertiary/aromatic N) is 1. The van der Waals surface area contributed by atoms with Gasteiger partial charge in [0.2, 0.25) is 5.91 Å². The minimum atomic E-state index is -4.54. The minimum absolute atomic E-state index is 0.102. The van der Waals surface area contributed by atoms with Gasteiger partial charge < -0.3 is 5.32 Å². The smallest absolute Gasteiger partial charge is 0.336 e. The van der Waals surface area contributed by atoms with E-state index in [1.165, 1.54) is 17.8 Å². The quantitative estimate of drug-likeness (QED) is 0.607. The van der Waals surface area contributed by atoms with Crippen LogP contribution in [0.1, 0.15) is 29.3 Å². The maximum Gasteiger partial charge on any atom is 0.408 e. The second-order valence-corrected chi connectivity index (χ2v) is 8.90. The van der Waals surface area contributed by atoms with Crippen LogP contribution in [0.15, 0.2) is 47.8 Å². The van der Waals surface area contributed by atoms with Crippen molar-refractivity contribution in [2.24, 2.45) is 0 Å². The first-order valence-electron chi connectivity index (χ1n) is 9.04. The van der Waals surface area contributed by atoms with Gasteiger partial charge in [-0.25, -0.2) is 0 Å². The number of thiophene rings is 1. The maximum atomic E-state index is 13.7. The zero-order valence-electron chi connectivity index (χ0n) is 15.4. The van der Waals surface area contributed by atoms with Crippen LogP contribution in [-0.2, 0) is 10.5 Å². The van der Waals surface area contributed by atoms with Crippen molar-refractivity contribution in [3.05, 3.63) is 58.3 Å². The summed E-state index contributed by atoms with van der Waals surface area (Å²) in [6.07, 6.45) is -3.50. The highest BCUT2D eigenvalue weighted by Gasteiger charge is 2.47. The zero-order valence-corrected chi connectivity index (χ0v) is 17.0. The summed E-state index contributed by atoms with van der Waals surface area (Å²) in [6, 6.07) is 11.5. The van der Waals surface area contributed by atoms with Gasteiger partial charge in [0.1, 0.15) is 11.6 Å². The molecule has 2 atom stereocenters. The molecule has 2 N–H and O–H groups in total. The van der Waals surface area contributed by atoms with Crippen molar-refractivity contribution < 1.29 is 18.0 Å². The maximum absolute atomic E-state index is 13.7. The lowest BCUT2D eigenvalue weighted by atomic mass is 10.1. The highest BCUT2D eigenvalue weighted by atomic mass is 32.2. The van der Waals surface area contributed by atoms with Gasteiger partial charge in [-0.1, -0.05) is 36.4 Å². The molecule has 0 unspecified atom stereocenters. The summed E-state index contributed by atoms with van der Waals surface area (Å²) in [5.41, 5.74) is 0.0931. The number of hydrogen-bond acceptors (Lipinski definition) is 5. The molecule has 29 heavy (non-hydrogen) atoms. The molecule has 1 aliphatic carbocycles. The summed E-state index contributed by atoms with van der Waals surface area (Å²) in [5.74, 6) is 0.154. The molecular weight excluding hydrogens is 419 g/mol. The summed E-state index contributed by atoms with van der Waals surface area (Å²) in [4.78, 5) is 12.8. The Labute approximate surface area is 175 Å². The molecule has 1 aliphatic rings. The molecule has 1 fully saturated rings. The average Bonchev–Trinajstić information content (AvgIpc) is 3.25. The third kappa shape index (κ3) is 5.98. The number of amides is 1. The van der Waals surface area contributed by atoms with Crippen molar-refractivity contribution in [1.29, 1.82) is 5.26 Å². The Morgan fingerprint density at radius 3 is 2.52 bits per heavy atom. The molecule has 4 nitrogen and oxygen atoms in total. The lowest BCUT2D eigenvalue weighted by Crippen LogP contribution is -2.52. The van der Waals surface area contributed by atoms with E-state index < -0.39 is 29.7 Å². The van der Waals surface area contributed by atoms with Gasteiger partial charge in [-0.05, 0) is 29.9 Å².